The maximum atomic E-state index is 5.92. The van der Waals surface area contributed by atoms with Gasteiger partial charge in [-0.3, -0.25) is 0 Å². The molecule has 0 amide bonds. The molecule has 20 heavy (non-hydrogen) atoms. The van der Waals surface area contributed by atoms with Gasteiger partial charge in [-0.05, 0) is 64.0 Å². The van der Waals surface area contributed by atoms with Crippen molar-refractivity contribution in [3.05, 3.63) is 24.0 Å². The molecule has 1 aliphatic heterocycles. The number of benzene rings is 1. The van der Waals surface area contributed by atoms with Crippen LogP contribution in [0.5, 0.6) is 0 Å². The molecule has 0 atom stereocenters. The lowest BCUT2D eigenvalue weighted by molar-refractivity contribution is 0.221. The molecule has 1 saturated heterocycles. The van der Waals surface area contributed by atoms with E-state index in [4.69, 9.17) is 10.7 Å². The van der Waals surface area contributed by atoms with Crippen molar-refractivity contribution in [2.75, 3.05) is 25.9 Å². The van der Waals surface area contributed by atoms with E-state index in [0.717, 1.165) is 11.2 Å². The van der Waals surface area contributed by atoms with Crippen LogP contribution in [0.2, 0.25) is 0 Å². The zero-order valence-electron chi connectivity index (χ0n) is 12.0. The maximum absolute atomic E-state index is 5.92. The average molecular weight is 270 g/mol. The van der Waals surface area contributed by atoms with Crippen LogP contribution in [0.1, 0.15) is 43.5 Å². The van der Waals surface area contributed by atoms with E-state index in [1.165, 1.54) is 50.1 Å². The van der Waals surface area contributed by atoms with E-state index in [0.29, 0.717) is 12.0 Å². The Labute approximate surface area is 119 Å². The Kier molecular flexibility index (Phi) is 2.74. The molecular weight excluding hydrogens is 248 g/mol. The van der Waals surface area contributed by atoms with E-state index in [9.17, 15) is 0 Å². The van der Waals surface area contributed by atoms with E-state index >= 15 is 0 Å². The van der Waals surface area contributed by atoms with Gasteiger partial charge < -0.3 is 15.2 Å². The third kappa shape index (κ3) is 1.99. The minimum atomic E-state index is 0.607. The molecule has 2 fully saturated rings. The minimum absolute atomic E-state index is 0.607. The van der Waals surface area contributed by atoms with Crippen molar-refractivity contribution in [2.45, 2.75) is 37.6 Å². The fourth-order valence-electron chi connectivity index (χ4n) is 3.40. The SMILES string of the molecule is CN1CCC(n2c(C3CC3)nc3cc(N)ccc32)CC1. The second-order valence-electron chi connectivity index (χ2n) is 6.40. The van der Waals surface area contributed by atoms with Crippen molar-refractivity contribution in [3.8, 4) is 0 Å². The molecule has 2 aliphatic rings. The first-order chi connectivity index (χ1) is 9.72. The molecule has 2 heterocycles. The number of aromatic nitrogens is 2. The van der Waals surface area contributed by atoms with Crippen molar-refractivity contribution < 1.29 is 0 Å². The molecule has 4 heteroatoms. The van der Waals surface area contributed by atoms with Gasteiger partial charge in [0.2, 0.25) is 0 Å². The van der Waals surface area contributed by atoms with Crippen LogP contribution in [0.4, 0.5) is 5.69 Å². The zero-order valence-corrected chi connectivity index (χ0v) is 12.0. The lowest BCUT2D eigenvalue weighted by Crippen LogP contribution is -2.32. The second kappa shape index (κ2) is 4.48. The largest absolute Gasteiger partial charge is 0.399 e. The van der Waals surface area contributed by atoms with Crippen LogP contribution >= 0.6 is 0 Å². The van der Waals surface area contributed by atoms with Crippen LogP contribution in [-0.4, -0.2) is 34.6 Å². The highest BCUT2D eigenvalue weighted by Crippen LogP contribution is 2.43. The Balaban J connectivity index is 1.81. The van der Waals surface area contributed by atoms with Crippen LogP contribution in [0.25, 0.3) is 11.0 Å². The summed E-state index contributed by atoms with van der Waals surface area (Å²) >= 11 is 0. The zero-order chi connectivity index (χ0) is 13.7. The number of imidazole rings is 1. The number of rotatable bonds is 2. The molecule has 1 aromatic carbocycles. The highest BCUT2D eigenvalue weighted by molar-refractivity contribution is 5.80. The summed E-state index contributed by atoms with van der Waals surface area (Å²) in [6.07, 6.45) is 5.05. The summed E-state index contributed by atoms with van der Waals surface area (Å²) in [4.78, 5) is 7.32. The number of hydrogen-bond donors (Lipinski definition) is 1. The summed E-state index contributed by atoms with van der Waals surface area (Å²) in [6, 6.07) is 6.79. The summed E-state index contributed by atoms with van der Waals surface area (Å²) in [5.74, 6) is 1.99. The van der Waals surface area contributed by atoms with Crippen LogP contribution in [0.3, 0.4) is 0 Å². The number of nitrogens with two attached hydrogens (primary N) is 1. The monoisotopic (exact) mass is 270 g/mol. The van der Waals surface area contributed by atoms with Gasteiger partial charge in [-0.15, -0.1) is 0 Å². The molecule has 0 spiro atoms. The predicted molar refractivity (Wildman–Crippen MR) is 81.9 cm³/mol. The van der Waals surface area contributed by atoms with Gasteiger partial charge in [0.1, 0.15) is 5.82 Å². The molecule has 106 valence electrons. The van der Waals surface area contributed by atoms with Crippen LogP contribution in [0.15, 0.2) is 18.2 Å². The summed E-state index contributed by atoms with van der Waals surface area (Å²) < 4.78 is 2.53. The van der Waals surface area contributed by atoms with E-state index in [-0.39, 0.29) is 0 Å². The normalized spacial score (nSPS) is 21.6. The molecule has 4 nitrogen and oxygen atoms in total. The number of nitrogen functional groups attached to an aromatic ring is 1. The average Bonchev–Trinajstić information content (AvgIpc) is 3.21. The van der Waals surface area contributed by atoms with Gasteiger partial charge in [-0.1, -0.05) is 0 Å². The number of nitrogens with zero attached hydrogens (tertiary/aromatic N) is 3. The molecule has 1 saturated carbocycles. The van der Waals surface area contributed by atoms with Crippen LogP contribution in [-0.2, 0) is 0 Å². The number of likely N-dealkylation sites (tertiary alicyclic amines) is 1. The molecule has 1 aromatic heterocycles. The highest BCUT2D eigenvalue weighted by Gasteiger charge is 2.32. The summed E-state index contributed by atoms with van der Waals surface area (Å²) in [5.41, 5.74) is 9.08. The summed E-state index contributed by atoms with van der Waals surface area (Å²) in [5, 5.41) is 0. The van der Waals surface area contributed by atoms with E-state index < -0.39 is 0 Å². The second-order valence-corrected chi connectivity index (χ2v) is 6.40. The number of piperidine rings is 1. The van der Waals surface area contributed by atoms with Gasteiger partial charge in [-0.2, -0.15) is 0 Å². The van der Waals surface area contributed by atoms with E-state index in [2.05, 4.69) is 22.6 Å². The van der Waals surface area contributed by atoms with E-state index in [1.54, 1.807) is 0 Å². The molecular formula is C16H22N4. The number of anilines is 1. The van der Waals surface area contributed by atoms with Crippen molar-refractivity contribution in [1.82, 2.24) is 14.5 Å². The van der Waals surface area contributed by atoms with Crippen molar-refractivity contribution >= 4 is 16.7 Å². The van der Waals surface area contributed by atoms with Crippen LogP contribution < -0.4 is 5.73 Å². The van der Waals surface area contributed by atoms with Gasteiger partial charge in [0, 0.05) is 17.6 Å². The van der Waals surface area contributed by atoms with E-state index in [1.807, 2.05) is 12.1 Å². The standard InChI is InChI=1S/C16H22N4/c1-19-8-6-13(7-9-19)20-15-5-4-12(17)10-14(15)18-16(20)11-2-3-11/h4-5,10-11,13H,2-3,6-9,17H2,1H3. The van der Waals surface area contributed by atoms with Gasteiger partial charge in [-0.25, -0.2) is 4.98 Å². The fraction of sp³-hybridized carbons (Fsp3) is 0.562. The molecule has 2 N–H and O–H groups in total. The molecule has 1 aliphatic carbocycles. The van der Waals surface area contributed by atoms with Crippen LogP contribution in [0, 0.1) is 0 Å². The lowest BCUT2D eigenvalue weighted by Gasteiger charge is -2.31. The highest BCUT2D eigenvalue weighted by atomic mass is 15.2. The lowest BCUT2D eigenvalue weighted by atomic mass is 10.0. The van der Waals surface area contributed by atoms with Gasteiger partial charge >= 0.3 is 0 Å². The van der Waals surface area contributed by atoms with Gasteiger partial charge in [0.05, 0.1) is 11.0 Å². The first-order valence-corrected chi connectivity index (χ1v) is 7.68. The molecule has 4 rings (SSSR count). The third-order valence-electron chi connectivity index (χ3n) is 4.74. The molecule has 0 unspecified atom stereocenters. The number of hydrogen-bond acceptors (Lipinski definition) is 3. The van der Waals surface area contributed by atoms with Crippen molar-refractivity contribution in [3.63, 3.8) is 0 Å². The predicted octanol–water partition coefficient (Wildman–Crippen LogP) is 2.76. The fourth-order valence-corrected chi connectivity index (χ4v) is 3.40. The minimum Gasteiger partial charge on any atom is -0.399 e. The number of fused-ring (bicyclic) bond motifs is 1. The maximum Gasteiger partial charge on any atom is 0.113 e. The molecule has 0 radical (unpaired) electrons. The Morgan fingerprint density at radius 2 is 1.90 bits per heavy atom. The molecule has 0 bridgehead atoms. The Bertz CT molecular complexity index is 633. The summed E-state index contributed by atoms with van der Waals surface area (Å²) in [7, 11) is 2.21. The smallest absolute Gasteiger partial charge is 0.113 e. The third-order valence-corrected chi connectivity index (χ3v) is 4.74. The van der Waals surface area contributed by atoms with Gasteiger partial charge in [0.25, 0.3) is 0 Å². The first-order valence-electron chi connectivity index (χ1n) is 7.68. The molecule has 2 aromatic rings. The Morgan fingerprint density at radius 1 is 1.15 bits per heavy atom. The Morgan fingerprint density at radius 3 is 2.60 bits per heavy atom. The first kappa shape index (κ1) is 12.2. The van der Waals surface area contributed by atoms with Crippen molar-refractivity contribution in [1.29, 1.82) is 0 Å². The Hall–Kier alpha value is -1.55. The van der Waals surface area contributed by atoms with Crippen molar-refractivity contribution in [2.24, 2.45) is 0 Å². The quantitative estimate of drug-likeness (QED) is 0.854. The summed E-state index contributed by atoms with van der Waals surface area (Å²) in [6.45, 7) is 2.37. The van der Waals surface area contributed by atoms with Gasteiger partial charge in [0.15, 0.2) is 0 Å². The topological polar surface area (TPSA) is 47.1 Å².